The van der Waals surface area contributed by atoms with Gasteiger partial charge in [-0.2, -0.15) is 5.10 Å². The van der Waals surface area contributed by atoms with Gasteiger partial charge in [-0.1, -0.05) is 20.3 Å². The van der Waals surface area contributed by atoms with Crippen LogP contribution in [0.4, 0.5) is 11.5 Å². The van der Waals surface area contributed by atoms with Gasteiger partial charge in [-0.3, -0.25) is 10.1 Å². The van der Waals surface area contributed by atoms with Crippen molar-refractivity contribution in [3.05, 3.63) is 15.8 Å². The molecule has 0 saturated heterocycles. The first-order valence-corrected chi connectivity index (χ1v) is 6.88. The van der Waals surface area contributed by atoms with Gasteiger partial charge in [-0.25, -0.2) is 4.68 Å². The lowest BCUT2D eigenvalue weighted by atomic mass is 10.0. The van der Waals surface area contributed by atoms with E-state index in [1.807, 2.05) is 6.92 Å². The average molecular weight is 268 g/mol. The summed E-state index contributed by atoms with van der Waals surface area (Å²) in [5, 5.41) is 18.6. The summed E-state index contributed by atoms with van der Waals surface area (Å²) in [6.07, 6.45) is 2.10. The third-order valence-electron chi connectivity index (χ3n) is 3.41. The van der Waals surface area contributed by atoms with Crippen LogP contribution in [0.15, 0.2) is 0 Å². The first-order valence-electron chi connectivity index (χ1n) is 6.88. The van der Waals surface area contributed by atoms with E-state index >= 15 is 0 Å². The van der Waals surface area contributed by atoms with E-state index in [1.54, 1.807) is 11.6 Å². The highest BCUT2D eigenvalue weighted by Gasteiger charge is 2.25. The van der Waals surface area contributed by atoms with Crippen LogP contribution in [0.3, 0.4) is 0 Å². The number of rotatable bonds is 7. The Morgan fingerprint density at radius 1 is 1.42 bits per heavy atom. The Morgan fingerprint density at radius 2 is 2.05 bits per heavy atom. The van der Waals surface area contributed by atoms with Gasteiger partial charge >= 0.3 is 5.69 Å². The molecule has 0 aliphatic carbocycles. The minimum Gasteiger partial charge on any atom is -0.362 e. The minimum absolute atomic E-state index is 0.0952. The molecule has 1 N–H and O–H groups in total. The SMILES string of the molecule is CCC(C)CC(C)Nc1c([N+](=O)[O-])c(C)nn1CC. The van der Waals surface area contributed by atoms with Crippen molar-refractivity contribution < 1.29 is 4.92 Å². The monoisotopic (exact) mass is 268 g/mol. The van der Waals surface area contributed by atoms with E-state index in [4.69, 9.17) is 0 Å². The summed E-state index contributed by atoms with van der Waals surface area (Å²) >= 11 is 0. The van der Waals surface area contributed by atoms with E-state index in [9.17, 15) is 10.1 Å². The van der Waals surface area contributed by atoms with Crippen LogP contribution in [-0.4, -0.2) is 20.7 Å². The number of hydrogen-bond acceptors (Lipinski definition) is 4. The van der Waals surface area contributed by atoms with Crippen molar-refractivity contribution >= 4 is 11.5 Å². The Balaban J connectivity index is 2.95. The van der Waals surface area contributed by atoms with Crippen molar-refractivity contribution in [2.75, 3.05) is 5.32 Å². The third kappa shape index (κ3) is 3.68. The van der Waals surface area contributed by atoms with Crippen molar-refractivity contribution in [1.29, 1.82) is 0 Å². The summed E-state index contributed by atoms with van der Waals surface area (Å²) in [5.74, 6) is 1.13. The lowest BCUT2D eigenvalue weighted by Gasteiger charge is -2.18. The van der Waals surface area contributed by atoms with Gasteiger partial charge in [0.1, 0.15) is 5.69 Å². The quantitative estimate of drug-likeness (QED) is 0.608. The Hall–Kier alpha value is -1.59. The largest absolute Gasteiger partial charge is 0.362 e. The number of aryl methyl sites for hydroxylation is 2. The number of nitro groups is 1. The zero-order valence-corrected chi connectivity index (χ0v) is 12.4. The third-order valence-corrected chi connectivity index (χ3v) is 3.41. The first kappa shape index (κ1) is 15.5. The molecule has 0 bridgehead atoms. The van der Waals surface area contributed by atoms with E-state index in [1.165, 1.54) is 0 Å². The summed E-state index contributed by atoms with van der Waals surface area (Å²) < 4.78 is 1.67. The van der Waals surface area contributed by atoms with Gasteiger partial charge in [-0.15, -0.1) is 0 Å². The number of nitrogens with one attached hydrogen (secondary N) is 1. The van der Waals surface area contributed by atoms with Gasteiger partial charge in [0.25, 0.3) is 0 Å². The van der Waals surface area contributed by atoms with Gasteiger partial charge in [0.2, 0.25) is 5.82 Å². The molecule has 0 radical (unpaired) electrons. The number of aromatic nitrogens is 2. The van der Waals surface area contributed by atoms with Crippen LogP contribution in [0.5, 0.6) is 0 Å². The molecular weight excluding hydrogens is 244 g/mol. The second-order valence-corrected chi connectivity index (χ2v) is 5.15. The second kappa shape index (κ2) is 6.54. The minimum atomic E-state index is -0.354. The van der Waals surface area contributed by atoms with Gasteiger partial charge < -0.3 is 5.32 Å². The molecule has 1 rings (SSSR count). The molecule has 0 saturated carbocycles. The molecule has 1 aromatic heterocycles. The molecule has 0 amide bonds. The highest BCUT2D eigenvalue weighted by atomic mass is 16.6. The Morgan fingerprint density at radius 3 is 2.53 bits per heavy atom. The summed E-state index contributed by atoms with van der Waals surface area (Å²) in [4.78, 5) is 10.8. The van der Waals surface area contributed by atoms with Crippen molar-refractivity contribution in [2.45, 2.75) is 60.0 Å². The van der Waals surface area contributed by atoms with Gasteiger partial charge in [0.15, 0.2) is 0 Å². The molecule has 0 aromatic carbocycles. The zero-order chi connectivity index (χ0) is 14.6. The summed E-state index contributed by atoms with van der Waals surface area (Å²) in [6.45, 7) is 10.6. The molecular formula is C13H24N4O2. The second-order valence-electron chi connectivity index (χ2n) is 5.15. The van der Waals surface area contributed by atoms with Crippen LogP contribution < -0.4 is 5.32 Å². The van der Waals surface area contributed by atoms with Crippen LogP contribution in [0, 0.1) is 23.0 Å². The summed E-state index contributed by atoms with van der Waals surface area (Å²) in [6, 6.07) is 0.190. The molecule has 2 unspecified atom stereocenters. The number of hydrogen-bond donors (Lipinski definition) is 1. The predicted octanol–water partition coefficient (Wildman–Crippen LogP) is 3.36. The van der Waals surface area contributed by atoms with Crippen LogP contribution in [-0.2, 0) is 6.54 Å². The van der Waals surface area contributed by atoms with Gasteiger partial charge in [0.05, 0.1) is 4.92 Å². The van der Waals surface area contributed by atoms with E-state index in [2.05, 4.69) is 31.2 Å². The predicted molar refractivity (Wildman–Crippen MR) is 76.4 cm³/mol. The van der Waals surface area contributed by atoms with Crippen molar-refractivity contribution in [2.24, 2.45) is 5.92 Å². The summed E-state index contributed by atoms with van der Waals surface area (Å²) in [7, 11) is 0. The van der Waals surface area contributed by atoms with Gasteiger partial charge in [0, 0.05) is 12.6 Å². The van der Waals surface area contributed by atoms with Crippen LogP contribution >= 0.6 is 0 Å². The maximum Gasteiger partial charge on any atom is 0.333 e. The van der Waals surface area contributed by atoms with Crippen molar-refractivity contribution in [1.82, 2.24) is 9.78 Å². The van der Waals surface area contributed by atoms with E-state index in [0.717, 1.165) is 12.8 Å². The highest BCUT2D eigenvalue weighted by Crippen LogP contribution is 2.29. The molecule has 0 aliphatic heterocycles. The molecule has 6 heteroatoms. The number of nitrogens with zero attached hydrogens (tertiary/aromatic N) is 3. The first-order chi connectivity index (χ1) is 8.90. The van der Waals surface area contributed by atoms with E-state index in [0.29, 0.717) is 24.0 Å². The molecule has 0 aliphatic rings. The molecule has 0 spiro atoms. The maximum atomic E-state index is 11.1. The van der Waals surface area contributed by atoms with Crippen LogP contribution in [0.2, 0.25) is 0 Å². The smallest absolute Gasteiger partial charge is 0.333 e. The number of anilines is 1. The highest BCUT2D eigenvalue weighted by molar-refractivity contribution is 5.59. The normalized spacial score (nSPS) is 14.2. The molecule has 1 heterocycles. The standard InChI is InChI=1S/C13H24N4O2/c1-6-9(3)8-10(4)14-13-12(17(18)19)11(5)15-16(13)7-2/h9-10,14H,6-8H2,1-5H3. The van der Waals surface area contributed by atoms with E-state index in [-0.39, 0.29) is 16.7 Å². The fraction of sp³-hybridized carbons (Fsp3) is 0.769. The Labute approximate surface area is 114 Å². The lowest BCUT2D eigenvalue weighted by molar-refractivity contribution is -0.384. The van der Waals surface area contributed by atoms with Crippen LogP contribution in [0.25, 0.3) is 0 Å². The van der Waals surface area contributed by atoms with E-state index < -0.39 is 0 Å². The molecule has 108 valence electrons. The van der Waals surface area contributed by atoms with Crippen molar-refractivity contribution in [3.63, 3.8) is 0 Å². The molecule has 6 nitrogen and oxygen atoms in total. The molecule has 19 heavy (non-hydrogen) atoms. The molecule has 1 aromatic rings. The fourth-order valence-corrected chi connectivity index (χ4v) is 2.22. The maximum absolute atomic E-state index is 11.1. The van der Waals surface area contributed by atoms with Gasteiger partial charge in [-0.05, 0) is 33.1 Å². The summed E-state index contributed by atoms with van der Waals surface area (Å²) in [5.41, 5.74) is 0.558. The van der Waals surface area contributed by atoms with Crippen molar-refractivity contribution in [3.8, 4) is 0 Å². The Bertz CT molecular complexity index is 442. The average Bonchev–Trinajstić information content (AvgIpc) is 2.64. The Kier molecular flexibility index (Phi) is 5.32. The van der Waals surface area contributed by atoms with Crippen LogP contribution in [0.1, 0.15) is 46.2 Å². The topological polar surface area (TPSA) is 73.0 Å². The molecule has 0 fully saturated rings. The lowest BCUT2D eigenvalue weighted by Crippen LogP contribution is -2.21. The fourth-order valence-electron chi connectivity index (χ4n) is 2.22. The zero-order valence-electron chi connectivity index (χ0n) is 12.4. The molecule has 2 atom stereocenters.